The van der Waals surface area contributed by atoms with Gasteiger partial charge in [0.2, 0.25) is 0 Å². The Morgan fingerprint density at radius 3 is 2.96 bits per heavy atom. The number of fused-ring (bicyclic) bond motifs is 3. The van der Waals surface area contributed by atoms with Gasteiger partial charge < -0.3 is 5.32 Å². The maximum Gasteiger partial charge on any atom is 0.183 e. The number of H-pyrrole nitrogens is 1. The van der Waals surface area contributed by atoms with Crippen molar-refractivity contribution in [1.82, 2.24) is 29.8 Å². The highest BCUT2D eigenvalue weighted by Gasteiger charge is 2.25. The summed E-state index contributed by atoms with van der Waals surface area (Å²) in [7, 11) is 1.94. The molecule has 10 heteroatoms. The molecule has 26 heavy (non-hydrogen) atoms. The Labute approximate surface area is 153 Å². The van der Waals surface area contributed by atoms with Crippen LogP contribution in [0.3, 0.4) is 0 Å². The summed E-state index contributed by atoms with van der Waals surface area (Å²) < 4.78 is 1.92. The number of hydrogen-bond donors (Lipinski definition) is 2. The molecule has 1 aliphatic rings. The lowest BCUT2D eigenvalue weighted by molar-refractivity contribution is 0.577. The smallest absolute Gasteiger partial charge is 0.183 e. The van der Waals surface area contributed by atoms with Crippen molar-refractivity contribution in [2.45, 2.75) is 6.54 Å². The van der Waals surface area contributed by atoms with E-state index in [1.165, 1.54) is 6.33 Å². The number of hydrogen-bond acceptors (Lipinski definition) is 7. The second kappa shape index (κ2) is 5.60. The van der Waals surface area contributed by atoms with Gasteiger partial charge in [0, 0.05) is 17.8 Å². The minimum absolute atomic E-state index is 0.649. The lowest BCUT2D eigenvalue weighted by Gasteiger charge is -2.31. The maximum absolute atomic E-state index is 6.08. The van der Waals surface area contributed by atoms with Crippen LogP contribution in [0.2, 0.25) is 5.02 Å². The summed E-state index contributed by atoms with van der Waals surface area (Å²) in [5, 5.41) is 16.1. The lowest BCUT2D eigenvalue weighted by atomic mass is 10.3. The van der Waals surface area contributed by atoms with E-state index in [4.69, 9.17) is 11.6 Å². The van der Waals surface area contributed by atoms with E-state index in [1.54, 1.807) is 6.33 Å². The SMILES string of the molecule is CN(c1n[nH]c2ncnc(Nc3cccc(Cl)c3)c12)N1Cc2cn1cn2. The van der Waals surface area contributed by atoms with Crippen molar-refractivity contribution < 1.29 is 0 Å². The molecule has 1 aliphatic heterocycles. The first-order valence-electron chi connectivity index (χ1n) is 7.95. The van der Waals surface area contributed by atoms with Gasteiger partial charge >= 0.3 is 0 Å². The second-order valence-electron chi connectivity index (χ2n) is 5.93. The molecular weight excluding hydrogens is 354 g/mol. The van der Waals surface area contributed by atoms with Gasteiger partial charge in [0.25, 0.3) is 0 Å². The quantitative estimate of drug-likeness (QED) is 0.572. The van der Waals surface area contributed by atoms with Gasteiger partial charge in [0.15, 0.2) is 11.5 Å². The van der Waals surface area contributed by atoms with Gasteiger partial charge in [-0.1, -0.05) is 17.7 Å². The molecule has 130 valence electrons. The van der Waals surface area contributed by atoms with Crippen LogP contribution in [0.5, 0.6) is 0 Å². The topological polar surface area (TPSA) is 90.8 Å². The summed E-state index contributed by atoms with van der Waals surface area (Å²) in [4.78, 5) is 13.0. The van der Waals surface area contributed by atoms with Crippen molar-refractivity contribution in [3.63, 3.8) is 0 Å². The number of nitrogens with one attached hydrogen (secondary N) is 2. The van der Waals surface area contributed by atoms with Crippen molar-refractivity contribution >= 4 is 40.0 Å². The summed E-state index contributed by atoms with van der Waals surface area (Å²) in [6.07, 6.45) is 5.24. The zero-order chi connectivity index (χ0) is 17.7. The van der Waals surface area contributed by atoms with Gasteiger partial charge in [0.05, 0.1) is 11.9 Å². The Balaban J connectivity index is 1.55. The molecule has 0 unspecified atom stereocenters. The molecular formula is C16H14ClN9. The molecule has 0 spiro atoms. The van der Waals surface area contributed by atoms with Gasteiger partial charge in [-0.15, -0.1) is 0 Å². The molecule has 9 nitrogen and oxygen atoms in total. The van der Waals surface area contributed by atoms with Gasteiger partial charge in [-0.3, -0.25) is 10.1 Å². The van der Waals surface area contributed by atoms with Crippen molar-refractivity contribution in [3.05, 3.63) is 53.8 Å². The minimum atomic E-state index is 0.649. The van der Waals surface area contributed by atoms with Crippen LogP contribution in [-0.2, 0) is 6.54 Å². The number of hydrazine groups is 1. The highest BCUT2D eigenvalue weighted by Crippen LogP contribution is 2.31. The first kappa shape index (κ1) is 15.0. The third kappa shape index (κ3) is 2.32. The van der Waals surface area contributed by atoms with Gasteiger partial charge in [0.1, 0.15) is 30.4 Å². The minimum Gasteiger partial charge on any atom is -0.339 e. The third-order valence-electron chi connectivity index (χ3n) is 4.27. The van der Waals surface area contributed by atoms with Crippen molar-refractivity contribution in [1.29, 1.82) is 0 Å². The molecule has 0 amide bonds. The molecule has 2 bridgehead atoms. The first-order valence-corrected chi connectivity index (χ1v) is 8.33. The van der Waals surface area contributed by atoms with Crippen LogP contribution in [-0.4, -0.2) is 36.9 Å². The van der Waals surface area contributed by atoms with Gasteiger partial charge in [-0.05, 0) is 18.2 Å². The summed E-state index contributed by atoms with van der Waals surface area (Å²) in [5.74, 6) is 1.36. The van der Waals surface area contributed by atoms with E-state index >= 15 is 0 Å². The number of aromatic amines is 1. The molecule has 0 saturated carbocycles. The zero-order valence-electron chi connectivity index (χ0n) is 13.8. The number of nitrogens with zero attached hydrogens (tertiary/aromatic N) is 7. The van der Waals surface area contributed by atoms with E-state index in [1.807, 2.05) is 52.3 Å². The van der Waals surface area contributed by atoms with Gasteiger partial charge in [-0.25, -0.2) is 24.7 Å². The average molecular weight is 368 g/mol. The van der Waals surface area contributed by atoms with Crippen LogP contribution >= 0.6 is 11.6 Å². The fraction of sp³-hybridized carbons (Fsp3) is 0.125. The summed E-state index contributed by atoms with van der Waals surface area (Å²) >= 11 is 6.08. The fourth-order valence-corrected chi connectivity index (χ4v) is 3.22. The molecule has 0 saturated heterocycles. The lowest BCUT2D eigenvalue weighted by Crippen LogP contribution is -2.45. The number of benzene rings is 1. The molecule has 5 rings (SSSR count). The van der Waals surface area contributed by atoms with Crippen LogP contribution in [0.15, 0.2) is 43.1 Å². The average Bonchev–Trinajstić information content (AvgIpc) is 3.37. The molecule has 1 aromatic carbocycles. The second-order valence-corrected chi connectivity index (χ2v) is 6.36. The summed E-state index contributed by atoms with van der Waals surface area (Å²) in [5.41, 5.74) is 2.49. The predicted octanol–water partition coefficient (Wildman–Crippen LogP) is 2.45. The van der Waals surface area contributed by atoms with E-state index in [0.717, 1.165) is 16.8 Å². The molecule has 0 fully saturated rings. The van der Waals surface area contributed by atoms with E-state index in [9.17, 15) is 0 Å². The van der Waals surface area contributed by atoms with Crippen molar-refractivity contribution in [2.75, 3.05) is 22.5 Å². The molecule has 4 aromatic rings. The Bertz CT molecular complexity index is 1100. The highest BCUT2D eigenvalue weighted by atomic mass is 35.5. The third-order valence-corrected chi connectivity index (χ3v) is 4.51. The normalized spacial score (nSPS) is 12.8. The number of imidazole rings is 1. The molecule has 0 atom stereocenters. The van der Waals surface area contributed by atoms with Crippen LogP contribution in [0.4, 0.5) is 17.3 Å². The molecule has 0 aliphatic carbocycles. The van der Waals surface area contributed by atoms with E-state index in [0.29, 0.717) is 28.9 Å². The fourth-order valence-electron chi connectivity index (χ4n) is 3.03. The largest absolute Gasteiger partial charge is 0.339 e. The van der Waals surface area contributed by atoms with Crippen LogP contribution in [0.1, 0.15) is 5.69 Å². The van der Waals surface area contributed by atoms with Crippen LogP contribution in [0.25, 0.3) is 11.0 Å². The molecule has 2 N–H and O–H groups in total. The van der Waals surface area contributed by atoms with E-state index < -0.39 is 0 Å². The highest BCUT2D eigenvalue weighted by molar-refractivity contribution is 6.30. The van der Waals surface area contributed by atoms with E-state index in [2.05, 4.69) is 30.5 Å². The first-order chi connectivity index (χ1) is 12.7. The van der Waals surface area contributed by atoms with Crippen LogP contribution < -0.4 is 15.4 Å². The summed E-state index contributed by atoms with van der Waals surface area (Å²) in [6.45, 7) is 0.687. The van der Waals surface area contributed by atoms with Gasteiger partial charge in [-0.2, -0.15) is 5.10 Å². The Kier molecular flexibility index (Phi) is 3.22. The number of aromatic nitrogens is 6. The summed E-state index contributed by atoms with van der Waals surface area (Å²) in [6, 6.07) is 7.47. The predicted molar refractivity (Wildman–Crippen MR) is 99.0 cm³/mol. The zero-order valence-corrected chi connectivity index (χ0v) is 14.5. The van der Waals surface area contributed by atoms with E-state index in [-0.39, 0.29) is 0 Å². The van der Waals surface area contributed by atoms with Crippen LogP contribution in [0, 0.1) is 0 Å². The van der Waals surface area contributed by atoms with Crippen molar-refractivity contribution in [2.24, 2.45) is 0 Å². The maximum atomic E-state index is 6.08. The Hall–Kier alpha value is -3.33. The molecule has 3 aromatic heterocycles. The van der Waals surface area contributed by atoms with Crippen molar-refractivity contribution in [3.8, 4) is 0 Å². The monoisotopic (exact) mass is 367 g/mol. The molecule has 4 heterocycles. The standard InChI is InChI=1S/C16H14ClN9/c1-24(26-7-12-6-25(26)9-20-12)16-13-14(18-8-19-15(13)22-23-16)21-11-4-2-3-10(17)5-11/h2-6,8-9H,7H2,1H3,(H2,18,19,21,22,23). The number of halogens is 1. The Morgan fingerprint density at radius 1 is 1.27 bits per heavy atom. The Morgan fingerprint density at radius 2 is 2.19 bits per heavy atom. The number of rotatable bonds is 4. The number of anilines is 3. The molecule has 0 radical (unpaired) electrons.